The largest absolute Gasteiger partial charge is 1.00 e. The fraction of sp³-hybridized carbons (Fsp3) is 0.276. The van der Waals surface area contributed by atoms with Gasteiger partial charge in [-0.15, -0.1) is 13.6 Å². The van der Waals surface area contributed by atoms with Gasteiger partial charge >= 0.3 is 58.2 Å². The first-order valence-electron chi connectivity index (χ1n) is 23.2. The average molecular weight is 1030 g/mol. The normalized spacial score (nSPS) is 10.1. The van der Waals surface area contributed by atoms with Gasteiger partial charge in [-0.25, -0.2) is 13.5 Å². The van der Waals surface area contributed by atoms with Gasteiger partial charge in [-0.1, -0.05) is 166 Å². The zero-order valence-corrected chi connectivity index (χ0v) is 47.4. The molecule has 10 nitrogen and oxygen atoms in total. The van der Waals surface area contributed by atoms with Crippen LogP contribution in [0.1, 0.15) is 131 Å². The van der Waals surface area contributed by atoms with Crippen molar-refractivity contribution in [1.29, 1.82) is 15.8 Å². The SMILES string of the molecule is C.C.CB(C)[O-].CC.Cc1cc(-c2ccc(C(C)C)cc2)c2c(C#N)cnn2c1.[2HH].[2HH].[2HH].[B]c1cc(-c2ccc(C(C)C)cc2)c2c(C#N)cnn2c1.[B]c1cc(-c2ccc(C(C)C)cc2)c2c(C#N)cnn2c1.[Rb+]. The molecule has 4 radical (unpaired) electrons. The molecule has 0 fully saturated rings. The third kappa shape index (κ3) is 15.3. The van der Waals surface area contributed by atoms with E-state index in [1.54, 1.807) is 58.2 Å². The average Bonchev–Trinajstić information content (AvgIpc) is 4.08. The first-order valence-corrected chi connectivity index (χ1v) is 23.2. The summed E-state index contributed by atoms with van der Waals surface area (Å²) in [6.45, 7) is 21.9. The summed E-state index contributed by atoms with van der Waals surface area (Å²) in [6.07, 6.45) is 10.2. The Morgan fingerprint density at radius 2 is 0.764 bits per heavy atom. The van der Waals surface area contributed by atoms with E-state index >= 15 is 0 Å². The summed E-state index contributed by atoms with van der Waals surface area (Å²) in [5.74, 6) is 1.50. The Balaban J connectivity index is 0. The van der Waals surface area contributed by atoms with Crippen LogP contribution in [0.25, 0.3) is 49.9 Å². The van der Waals surface area contributed by atoms with Crippen molar-refractivity contribution in [2.75, 3.05) is 0 Å². The van der Waals surface area contributed by atoms with Gasteiger partial charge in [0.2, 0.25) is 0 Å². The number of hydrogen-bond acceptors (Lipinski definition) is 7. The molecule has 0 saturated carbocycles. The van der Waals surface area contributed by atoms with Gasteiger partial charge in [-0.2, -0.15) is 31.1 Å². The van der Waals surface area contributed by atoms with Crippen molar-refractivity contribution < 1.29 is 67.5 Å². The standard InChI is InChI=1S/C18H17N3.2C17H14BN3.C2H6BO.C2H6.2CH4.Rb.3H2/c1-12(2)14-4-6-15(7-5-14)17-8-13(3)11-21-18(17)16(9-19)10-20-21;2*1-11(2)12-3-5-13(6-4-12)16-7-15(18)10-21-17(16)14(8-19)9-20-21;1-3(2)4;1-2;;;;;;/h4-8,10-12H,1-3H3;2*3-7,9-11H,1-2H3;1-2H3;1-2H3;2*1H4;;3*1H/q;;;-1;;;;+1;;;/i;;;;;;;;3*1+1. The Labute approximate surface area is 484 Å². The van der Waals surface area contributed by atoms with Gasteiger partial charge in [0.15, 0.2) is 0 Å². The monoisotopic (exact) mass is 1030 g/mol. The van der Waals surface area contributed by atoms with Gasteiger partial charge in [0.25, 0.3) is 0 Å². The Hall–Kier alpha value is -5.84. The van der Waals surface area contributed by atoms with Crippen molar-refractivity contribution in [2.45, 2.75) is 109 Å². The van der Waals surface area contributed by atoms with Crippen LogP contribution in [0.4, 0.5) is 0 Å². The number of hydrogen-bond donors (Lipinski definition) is 0. The summed E-state index contributed by atoms with van der Waals surface area (Å²) in [7, 11) is 11.9. The van der Waals surface area contributed by atoms with E-state index in [1.165, 1.54) is 16.7 Å². The number of fused-ring (bicyclic) bond motifs is 3. The molecule has 0 amide bonds. The second-order valence-electron chi connectivity index (χ2n) is 17.6. The predicted molar refractivity (Wildman–Crippen MR) is 302 cm³/mol. The number of nitrogens with zero attached hydrogens (tertiary/aromatic N) is 9. The third-order valence-electron chi connectivity index (χ3n) is 11.0. The Morgan fingerprint density at radius 1 is 0.514 bits per heavy atom. The van der Waals surface area contributed by atoms with Crippen LogP contribution < -0.4 is 74.1 Å². The Bertz CT molecular complexity index is 2950. The topological polar surface area (TPSA) is 146 Å². The van der Waals surface area contributed by atoms with Crippen LogP contribution >= 0.6 is 0 Å². The van der Waals surface area contributed by atoms with E-state index in [4.69, 9.17) is 15.7 Å². The molecule has 9 rings (SSSR count). The summed E-state index contributed by atoms with van der Waals surface area (Å²) < 4.78 is 5.12. The van der Waals surface area contributed by atoms with Gasteiger partial charge in [-0.05, 0) is 69.7 Å². The molecule has 0 atom stereocenters. The maximum atomic E-state index is 9.53. The molecular formula is C58H71B3N9ORb. The number of aryl methyl sites for hydroxylation is 1. The van der Waals surface area contributed by atoms with Gasteiger partial charge in [0, 0.05) is 46.5 Å². The van der Waals surface area contributed by atoms with Gasteiger partial charge in [0.05, 0.1) is 51.8 Å². The van der Waals surface area contributed by atoms with Crippen LogP contribution in [0.2, 0.25) is 13.6 Å². The molecule has 0 spiro atoms. The van der Waals surface area contributed by atoms with Gasteiger partial charge < -0.3 is 5.02 Å². The first-order chi connectivity index (χ1) is 33.0. The summed E-state index contributed by atoms with van der Waals surface area (Å²) >= 11 is 0. The van der Waals surface area contributed by atoms with Crippen molar-refractivity contribution in [3.63, 3.8) is 0 Å². The maximum Gasteiger partial charge on any atom is 1.00 e. The molecular weight excluding hydrogens is 957 g/mol. The van der Waals surface area contributed by atoms with E-state index in [1.807, 2.05) is 39.1 Å². The first kappa shape index (κ1) is 62.3. The Kier molecular flexibility index (Phi) is 25.1. The molecule has 9 aromatic rings. The van der Waals surface area contributed by atoms with Crippen molar-refractivity contribution >= 4 is 50.1 Å². The fourth-order valence-electron chi connectivity index (χ4n) is 7.59. The molecule has 0 saturated heterocycles. The second kappa shape index (κ2) is 29.0. The van der Waals surface area contributed by atoms with E-state index in [2.05, 4.69) is 154 Å². The summed E-state index contributed by atoms with van der Waals surface area (Å²) in [6, 6.07) is 37.8. The van der Waals surface area contributed by atoms with Gasteiger partial charge in [0.1, 0.15) is 33.9 Å². The zero-order valence-electron chi connectivity index (χ0n) is 42.5. The van der Waals surface area contributed by atoms with Crippen LogP contribution in [0.5, 0.6) is 0 Å². The molecule has 0 aliphatic heterocycles. The molecule has 0 N–H and O–H groups in total. The van der Waals surface area contributed by atoms with E-state index in [0.29, 0.717) is 45.4 Å². The van der Waals surface area contributed by atoms with Crippen LogP contribution in [0, 0.1) is 40.9 Å². The fourth-order valence-corrected chi connectivity index (χ4v) is 7.59. The smallest absolute Gasteiger partial charge is 0.880 e. The second-order valence-corrected chi connectivity index (χ2v) is 17.6. The molecule has 72 heavy (non-hydrogen) atoms. The number of nitriles is 3. The molecule has 3 aromatic carbocycles. The third-order valence-corrected chi connectivity index (χ3v) is 11.0. The molecule has 0 aliphatic rings. The van der Waals surface area contributed by atoms with E-state index in [-0.39, 0.29) is 77.3 Å². The van der Waals surface area contributed by atoms with E-state index in [0.717, 1.165) is 55.5 Å². The number of rotatable bonds is 6. The molecule has 0 bridgehead atoms. The molecule has 6 aromatic heterocycles. The van der Waals surface area contributed by atoms with Crippen LogP contribution in [-0.2, 0) is 0 Å². The van der Waals surface area contributed by atoms with Crippen LogP contribution in [0.15, 0.2) is 128 Å². The van der Waals surface area contributed by atoms with E-state index in [9.17, 15) is 20.8 Å². The summed E-state index contributed by atoms with van der Waals surface area (Å²) in [5, 5.41) is 50.0. The minimum atomic E-state index is -0.417. The molecule has 364 valence electrons. The summed E-state index contributed by atoms with van der Waals surface area (Å²) in [5.41, 5.74) is 16.5. The predicted octanol–water partition coefficient (Wildman–Crippen LogP) is 9.52. The Morgan fingerprint density at radius 3 is 1.01 bits per heavy atom. The summed E-state index contributed by atoms with van der Waals surface area (Å²) in [4.78, 5) is 0. The quantitative estimate of drug-likeness (QED) is 0.151. The maximum absolute atomic E-state index is 9.53. The zero-order chi connectivity index (χ0) is 50.5. The minimum Gasteiger partial charge on any atom is -0.880 e. The van der Waals surface area contributed by atoms with Crippen LogP contribution in [0.3, 0.4) is 0 Å². The number of aromatic nitrogens is 6. The molecule has 14 heteroatoms. The van der Waals surface area contributed by atoms with Crippen molar-refractivity contribution in [1.82, 2.24) is 28.8 Å². The van der Waals surface area contributed by atoms with Crippen molar-refractivity contribution in [3.05, 3.63) is 167 Å². The molecule has 6 heterocycles. The van der Waals surface area contributed by atoms with Crippen LogP contribution in [-0.4, -0.2) is 51.5 Å². The minimum absolute atomic E-state index is 0. The van der Waals surface area contributed by atoms with Gasteiger partial charge in [-0.3, -0.25) is 0 Å². The molecule has 0 unspecified atom stereocenters. The van der Waals surface area contributed by atoms with Crippen molar-refractivity contribution in [3.8, 4) is 51.6 Å². The van der Waals surface area contributed by atoms with Crippen molar-refractivity contribution in [2.24, 2.45) is 0 Å². The number of pyridine rings is 3. The number of benzene rings is 3. The molecule has 0 aliphatic carbocycles. The van der Waals surface area contributed by atoms with E-state index < -0.39 is 6.92 Å².